The van der Waals surface area contributed by atoms with Crippen LogP contribution in [0.2, 0.25) is 0 Å². The largest absolute Gasteiger partial charge is 0.444 e. The molecule has 2 fully saturated rings. The van der Waals surface area contributed by atoms with Crippen molar-refractivity contribution < 1.29 is 14.3 Å². The first-order chi connectivity index (χ1) is 12.3. The van der Waals surface area contributed by atoms with Crippen LogP contribution in [0.25, 0.3) is 0 Å². The van der Waals surface area contributed by atoms with Crippen molar-refractivity contribution in [1.29, 1.82) is 0 Å². The van der Waals surface area contributed by atoms with E-state index in [9.17, 15) is 9.59 Å². The first-order valence-electron chi connectivity index (χ1n) is 9.62. The Morgan fingerprint density at radius 1 is 1.15 bits per heavy atom. The Kier molecular flexibility index (Phi) is 5.26. The van der Waals surface area contributed by atoms with Crippen LogP contribution in [-0.4, -0.2) is 42.1 Å². The fraction of sp³-hybridized carbons (Fsp3) is 0.619. The number of hydrogen-bond donors (Lipinski definition) is 1. The number of carbonyl (C=O) groups excluding carboxylic acids is 2. The molecule has 2 aliphatic rings. The van der Waals surface area contributed by atoms with Gasteiger partial charge in [-0.1, -0.05) is 30.3 Å². The number of amides is 2. The molecule has 0 aromatic heterocycles. The van der Waals surface area contributed by atoms with Crippen molar-refractivity contribution in [1.82, 2.24) is 10.2 Å². The highest BCUT2D eigenvalue weighted by Gasteiger charge is 2.53. The third-order valence-electron chi connectivity index (χ3n) is 5.32. The standard InChI is InChI=1S/C21H30N2O3/c1-20(2,3)26-19(25)22-15-16-9-13-23(14-10-16)18(24)21(11-12-21)17-7-5-4-6-8-17/h4-8,16H,9-15H2,1-3H3,(H,22,25). The molecule has 1 aromatic rings. The van der Waals surface area contributed by atoms with Gasteiger partial charge < -0.3 is 15.0 Å². The quantitative estimate of drug-likeness (QED) is 0.896. The second-order valence-electron chi connectivity index (χ2n) is 8.57. The molecule has 1 N–H and O–H groups in total. The summed E-state index contributed by atoms with van der Waals surface area (Å²) in [6, 6.07) is 10.2. The van der Waals surface area contributed by atoms with Crippen molar-refractivity contribution >= 4 is 12.0 Å². The Morgan fingerprint density at radius 2 is 1.77 bits per heavy atom. The van der Waals surface area contributed by atoms with Crippen molar-refractivity contribution in [3.63, 3.8) is 0 Å². The number of alkyl carbamates (subject to hydrolysis) is 1. The summed E-state index contributed by atoms with van der Waals surface area (Å²) in [6.45, 7) is 7.73. The highest BCUT2D eigenvalue weighted by Crippen LogP contribution is 2.49. The maximum absolute atomic E-state index is 13.0. The molecule has 0 unspecified atom stereocenters. The fourth-order valence-corrected chi connectivity index (χ4v) is 3.69. The van der Waals surface area contributed by atoms with Crippen LogP contribution in [0.1, 0.15) is 52.0 Å². The molecule has 3 rings (SSSR count). The van der Waals surface area contributed by atoms with Gasteiger partial charge in [-0.05, 0) is 57.9 Å². The lowest BCUT2D eigenvalue weighted by molar-refractivity contribution is -0.135. The molecule has 0 bridgehead atoms. The average Bonchev–Trinajstić information content (AvgIpc) is 3.41. The predicted octanol–water partition coefficient (Wildman–Crippen LogP) is 3.48. The molecule has 142 valence electrons. The molecule has 1 aliphatic carbocycles. The summed E-state index contributed by atoms with van der Waals surface area (Å²) in [6.07, 6.45) is 3.39. The smallest absolute Gasteiger partial charge is 0.407 e. The Labute approximate surface area is 156 Å². The van der Waals surface area contributed by atoms with Crippen LogP contribution in [-0.2, 0) is 14.9 Å². The van der Waals surface area contributed by atoms with Crippen LogP contribution < -0.4 is 5.32 Å². The number of carbonyl (C=O) groups is 2. The topological polar surface area (TPSA) is 58.6 Å². The summed E-state index contributed by atoms with van der Waals surface area (Å²) in [7, 11) is 0. The van der Waals surface area contributed by atoms with Crippen LogP contribution >= 0.6 is 0 Å². The molecule has 1 aliphatic heterocycles. The van der Waals surface area contributed by atoms with Crippen LogP contribution in [0.15, 0.2) is 30.3 Å². The molecular weight excluding hydrogens is 328 g/mol. The van der Waals surface area contributed by atoms with Crippen molar-refractivity contribution in [3.8, 4) is 0 Å². The second-order valence-corrected chi connectivity index (χ2v) is 8.57. The molecule has 0 spiro atoms. The lowest BCUT2D eigenvalue weighted by Gasteiger charge is -2.34. The van der Waals surface area contributed by atoms with Crippen LogP contribution in [0, 0.1) is 5.92 Å². The van der Waals surface area contributed by atoms with Gasteiger partial charge in [0.2, 0.25) is 5.91 Å². The minimum absolute atomic E-state index is 0.275. The van der Waals surface area contributed by atoms with Crippen molar-refractivity contribution in [2.75, 3.05) is 19.6 Å². The number of ether oxygens (including phenoxy) is 1. The summed E-state index contributed by atoms with van der Waals surface area (Å²) in [4.78, 5) is 26.8. The lowest BCUT2D eigenvalue weighted by atomic mass is 9.91. The molecule has 1 saturated carbocycles. The highest BCUT2D eigenvalue weighted by molar-refractivity contribution is 5.91. The number of piperidine rings is 1. The minimum atomic E-state index is -0.476. The molecule has 1 saturated heterocycles. The van der Waals surface area contributed by atoms with E-state index in [1.54, 1.807) is 0 Å². The fourth-order valence-electron chi connectivity index (χ4n) is 3.69. The average molecular weight is 358 g/mol. The summed E-state index contributed by atoms with van der Waals surface area (Å²) in [5, 5.41) is 2.86. The van der Waals surface area contributed by atoms with Gasteiger partial charge in [-0.2, -0.15) is 0 Å². The SMILES string of the molecule is CC(C)(C)OC(=O)NCC1CCN(C(=O)C2(c3ccccc3)CC2)CC1. The van der Waals surface area contributed by atoms with E-state index in [1.165, 1.54) is 0 Å². The number of hydrogen-bond acceptors (Lipinski definition) is 3. The Bertz CT molecular complexity index is 639. The number of nitrogens with one attached hydrogen (secondary N) is 1. The van der Waals surface area contributed by atoms with Gasteiger partial charge in [-0.25, -0.2) is 4.79 Å². The maximum Gasteiger partial charge on any atom is 0.407 e. The Hall–Kier alpha value is -2.04. The predicted molar refractivity (Wildman–Crippen MR) is 101 cm³/mol. The molecule has 0 radical (unpaired) electrons. The van der Waals surface area contributed by atoms with Gasteiger partial charge in [0.05, 0.1) is 5.41 Å². The molecule has 1 aromatic carbocycles. The van der Waals surface area contributed by atoms with Gasteiger partial charge in [0.25, 0.3) is 0 Å². The zero-order chi connectivity index (χ0) is 18.8. The number of nitrogens with zero attached hydrogens (tertiary/aromatic N) is 1. The lowest BCUT2D eigenvalue weighted by Crippen LogP contribution is -2.46. The first-order valence-corrected chi connectivity index (χ1v) is 9.62. The van der Waals surface area contributed by atoms with Crippen LogP contribution in [0.3, 0.4) is 0 Å². The van der Waals surface area contributed by atoms with E-state index in [1.807, 2.05) is 43.9 Å². The van der Waals surface area contributed by atoms with Crippen LogP contribution in [0.5, 0.6) is 0 Å². The van der Waals surface area contributed by atoms with Gasteiger partial charge in [0.1, 0.15) is 5.60 Å². The van der Waals surface area contributed by atoms with E-state index in [0.717, 1.165) is 44.3 Å². The van der Waals surface area contributed by atoms with Gasteiger partial charge >= 0.3 is 6.09 Å². The van der Waals surface area contributed by atoms with Crippen molar-refractivity contribution in [2.24, 2.45) is 5.92 Å². The highest BCUT2D eigenvalue weighted by atomic mass is 16.6. The van der Waals surface area contributed by atoms with Gasteiger partial charge in [0, 0.05) is 19.6 Å². The van der Waals surface area contributed by atoms with Crippen molar-refractivity contribution in [2.45, 2.75) is 57.5 Å². The molecular formula is C21H30N2O3. The van der Waals surface area contributed by atoms with Crippen molar-refractivity contribution in [3.05, 3.63) is 35.9 Å². The van der Waals surface area contributed by atoms with Gasteiger partial charge in [0.15, 0.2) is 0 Å². The normalized spacial score (nSPS) is 19.7. The van der Waals surface area contributed by atoms with E-state index in [4.69, 9.17) is 4.74 Å². The summed E-state index contributed by atoms with van der Waals surface area (Å²) >= 11 is 0. The number of likely N-dealkylation sites (tertiary alicyclic amines) is 1. The molecule has 2 amide bonds. The molecule has 5 nitrogen and oxygen atoms in total. The molecule has 0 atom stereocenters. The van der Waals surface area contributed by atoms with E-state index in [-0.39, 0.29) is 17.4 Å². The van der Waals surface area contributed by atoms with E-state index >= 15 is 0 Å². The zero-order valence-electron chi connectivity index (χ0n) is 16.1. The summed E-state index contributed by atoms with van der Waals surface area (Å²) < 4.78 is 5.28. The number of rotatable bonds is 4. The first kappa shape index (κ1) is 18.7. The summed E-state index contributed by atoms with van der Waals surface area (Å²) in [5.74, 6) is 0.681. The summed E-state index contributed by atoms with van der Waals surface area (Å²) in [5.41, 5.74) is 0.400. The number of benzene rings is 1. The molecule has 26 heavy (non-hydrogen) atoms. The molecule has 5 heteroatoms. The Morgan fingerprint density at radius 3 is 2.31 bits per heavy atom. The molecule has 1 heterocycles. The zero-order valence-corrected chi connectivity index (χ0v) is 16.1. The van der Waals surface area contributed by atoms with E-state index in [0.29, 0.717) is 12.5 Å². The third-order valence-corrected chi connectivity index (χ3v) is 5.32. The van der Waals surface area contributed by atoms with Gasteiger partial charge in [-0.15, -0.1) is 0 Å². The van der Waals surface area contributed by atoms with Crippen LogP contribution in [0.4, 0.5) is 4.79 Å². The minimum Gasteiger partial charge on any atom is -0.444 e. The van der Waals surface area contributed by atoms with E-state index < -0.39 is 5.60 Å². The third kappa shape index (κ3) is 4.37. The Balaban J connectivity index is 1.47. The maximum atomic E-state index is 13.0. The monoisotopic (exact) mass is 358 g/mol. The van der Waals surface area contributed by atoms with Gasteiger partial charge in [-0.3, -0.25) is 4.79 Å². The van der Waals surface area contributed by atoms with E-state index in [2.05, 4.69) is 17.4 Å². The second kappa shape index (κ2) is 7.29.